The van der Waals surface area contributed by atoms with Gasteiger partial charge in [-0.25, -0.2) is 0 Å². The fourth-order valence-corrected chi connectivity index (χ4v) is 2.37. The molecule has 0 saturated carbocycles. The molecule has 3 N–H and O–H groups in total. The first-order valence-electron chi connectivity index (χ1n) is 6.82. The minimum absolute atomic E-state index is 0.0256. The Morgan fingerprint density at radius 3 is 2.79 bits per heavy atom. The Morgan fingerprint density at radius 2 is 2.11 bits per heavy atom. The second-order valence-electron chi connectivity index (χ2n) is 5.12. The van der Waals surface area contributed by atoms with Crippen molar-refractivity contribution in [3.05, 3.63) is 27.2 Å². The third-order valence-electron chi connectivity index (χ3n) is 3.70. The van der Waals surface area contributed by atoms with Crippen LogP contribution < -0.4 is 10.9 Å². The summed E-state index contributed by atoms with van der Waals surface area (Å²) in [6.07, 6.45) is 4.21. The molecular weight excluding hydrogens is 244 g/mol. The van der Waals surface area contributed by atoms with Crippen LogP contribution in [0.1, 0.15) is 54.7 Å². The van der Waals surface area contributed by atoms with Gasteiger partial charge in [0.1, 0.15) is 11.3 Å². The molecule has 1 aromatic rings. The number of aromatic amines is 1. The highest BCUT2D eigenvalue weighted by Gasteiger charge is 2.24. The minimum atomic E-state index is -0.501. The van der Waals surface area contributed by atoms with E-state index in [1.165, 1.54) is 0 Å². The largest absolute Gasteiger partial charge is 0.507 e. The van der Waals surface area contributed by atoms with E-state index >= 15 is 0 Å². The molecule has 0 unspecified atom stereocenters. The van der Waals surface area contributed by atoms with Gasteiger partial charge in [0.2, 0.25) is 0 Å². The van der Waals surface area contributed by atoms with Crippen LogP contribution in [0.15, 0.2) is 4.79 Å². The van der Waals surface area contributed by atoms with Crippen molar-refractivity contribution in [2.45, 2.75) is 52.0 Å². The molecule has 1 atom stereocenters. The van der Waals surface area contributed by atoms with Gasteiger partial charge in [0, 0.05) is 17.3 Å². The van der Waals surface area contributed by atoms with Crippen LogP contribution in [-0.2, 0) is 12.8 Å². The summed E-state index contributed by atoms with van der Waals surface area (Å²) < 4.78 is 0. The zero-order valence-corrected chi connectivity index (χ0v) is 11.4. The maximum absolute atomic E-state index is 12.1. The highest BCUT2D eigenvalue weighted by Crippen LogP contribution is 2.28. The molecule has 0 aromatic carbocycles. The number of hydrogen-bond donors (Lipinski definition) is 3. The average Bonchev–Trinajstić information content (AvgIpc) is 2.38. The van der Waals surface area contributed by atoms with Gasteiger partial charge in [0.15, 0.2) is 0 Å². The predicted octanol–water partition coefficient (Wildman–Crippen LogP) is 1.49. The van der Waals surface area contributed by atoms with E-state index in [0.717, 1.165) is 36.9 Å². The van der Waals surface area contributed by atoms with E-state index in [1.54, 1.807) is 0 Å². The molecule has 2 rings (SSSR count). The molecule has 5 heteroatoms. The molecule has 0 spiro atoms. The minimum Gasteiger partial charge on any atom is -0.507 e. The van der Waals surface area contributed by atoms with Crippen molar-refractivity contribution in [3.63, 3.8) is 0 Å². The summed E-state index contributed by atoms with van der Waals surface area (Å²) in [4.78, 5) is 26.7. The molecule has 0 fully saturated rings. The third-order valence-corrected chi connectivity index (χ3v) is 3.70. The summed E-state index contributed by atoms with van der Waals surface area (Å²) in [6.45, 7) is 3.81. The first kappa shape index (κ1) is 13.6. The number of hydrogen-bond acceptors (Lipinski definition) is 3. The maximum atomic E-state index is 12.1. The standard InChI is InChI=1S/C14H20N2O3/c1-3-8(2)15-13(18)11-12(17)9-6-4-5-7-10(9)16-14(11)19/h8H,3-7H2,1-2H3,(H,15,18)(H2,16,17,19)/t8-/m1/s1. The fraction of sp³-hybridized carbons (Fsp3) is 0.571. The van der Waals surface area contributed by atoms with Crippen LogP contribution in [0.3, 0.4) is 0 Å². The molecule has 1 aliphatic carbocycles. The molecule has 0 saturated heterocycles. The van der Waals surface area contributed by atoms with Gasteiger partial charge in [-0.15, -0.1) is 0 Å². The van der Waals surface area contributed by atoms with E-state index in [4.69, 9.17) is 0 Å². The van der Waals surface area contributed by atoms with Crippen LogP contribution in [0.5, 0.6) is 5.75 Å². The zero-order valence-electron chi connectivity index (χ0n) is 11.4. The van der Waals surface area contributed by atoms with Crippen molar-refractivity contribution in [2.24, 2.45) is 0 Å². The monoisotopic (exact) mass is 264 g/mol. The van der Waals surface area contributed by atoms with Gasteiger partial charge in [-0.3, -0.25) is 9.59 Å². The molecule has 0 bridgehead atoms. The first-order chi connectivity index (χ1) is 9.04. The average molecular weight is 264 g/mol. The number of rotatable bonds is 3. The van der Waals surface area contributed by atoms with Crippen LogP contribution >= 0.6 is 0 Å². The highest BCUT2D eigenvalue weighted by atomic mass is 16.3. The van der Waals surface area contributed by atoms with Crippen LogP contribution in [0.2, 0.25) is 0 Å². The number of aromatic hydroxyl groups is 1. The fourth-order valence-electron chi connectivity index (χ4n) is 2.37. The Morgan fingerprint density at radius 1 is 1.42 bits per heavy atom. The van der Waals surface area contributed by atoms with E-state index < -0.39 is 11.5 Å². The lowest BCUT2D eigenvalue weighted by molar-refractivity contribution is 0.0934. The quantitative estimate of drug-likeness (QED) is 0.773. The zero-order chi connectivity index (χ0) is 14.0. The van der Waals surface area contributed by atoms with Gasteiger partial charge in [-0.05, 0) is 39.0 Å². The second kappa shape index (κ2) is 5.47. The Labute approximate surface area is 112 Å². The van der Waals surface area contributed by atoms with Gasteiger partial charge in [0.05, 0.1) is 0 Å². The summed E-state index contributed by atoms with van der Waals surface area (Å²) >= 11 is 0. The van der Waals surface area contributed by atoms with Crippen molar-refractivity contribution in [3.8, 4) is 5.75 Å². The van der Waals surface area contributed by atoms with Crippen LogP contribution in [0.4, 0.5) is 0 Å². The summed E-state index contributed by atoms with van der Waals surface area (Å²) in [6, 6.07) is -0.0256. The number of aryl methyl sites for hydroxylation is 1. The SMILES string of the molecule is CC[C@@H](C)NC(=O)c1c(O)c2c([nH]c1=O)CCCC2. The van der Waals surface area contributed by atoms with E-state index in [0.29, 0.717) is 6.42 Å². The van der Waals surface area contributed by atoms with Crippen LogP contribution in [-0.4, -0.2) is 22.0 Å². The van der Waals surface area contributed by atoms with Gasteiger partial charge in [0.25, 0.3) is 11.5 Å². The van der Waals surface area contributed by atoms with Crippen molar-refractivity contribution >= 4 is 5.91 Å². The third kappa shape index (κ3) is 2.64. The van der Waals surface area contributed by atoms with E-state index in [9.17, 15) is 14.7 Å². The smallest absolute Gasteiger partial charge is 0.264 e. The molecule has 1 amide bonds. The molecule has 1 aromatic heterocycles. The topological polar surface area (TPSA) is 82.2 Å². The first-order valence-corrected chi connectivity index (χ1v) is 6.82. The number of nitrogens with one attached hydrogen (secondary N) is 2. The lowest BCUT2D eigenvalue weighted by Crippen LogP contribution is -2.36. The lowest BCUT2D eigenvalue weighted by atomic mass is 9.93. The van der Waals surface area contributed by atoms with Gasteiger partial charge in [-0.1, -0.05) is 6.92 Å². The number of carbonyl (C=O) groups is 1. The van der Waals surface area contributed by atoms with Gasteiger partial charge < -0.3 is 15.4 Å². The summed E-state index contributed by atoms with van der Waals surface area (Å²) in [7, 11) is 0. The van der Waals surface area contributed by atoms with Crippen molar-refractivity contribution in [1.82, 2.24) is 10.3 Å². The Kier molecular flexibility index (Phi) is 3.93. The number of amides is 1. The Bertz CT molecular complexity index is 548. The molecule has 1 heterocycles. The highest BCUT2D eigenvalue weighted by molar-refractivity contribution is 5.97. The predicted molar refractivity (Wildman–Crippen MR) is 72.6 cm³/mol. The molecule has 104 valence electrons. The van der Waals surface area contributed by atoms with Crippen LogP contribution in [0.25, 0.3) is 0 Å². The van der Waals surface area contributed by atoms with E-state index in [2.05, 4.69) is 10.3 Å². The summed E-state index contributed by atoms with van der Waals surface area (Å²) in [5.41, 5.74) is 0.842. The van der Waals surface area contributed by atoms with Gasteiger partial charge in [-0.2, -0.15) is 0 Å². The molecule has 1 aliphatic rings. The van der Waals surface area contributed by atoms with Crippen molar-refractivity contribution < 1.29 is 9.90 Å². The number of aromatic nitrogens is 1. The number of pyridine rings is 1. The molecular formula is C14H20N2O3. The van der Waals surface area contributed by atoms with E-state index in [-0.39, 0.29) is 17.4 Å². The van der Waals surface area contributed by atoms with Gasteiger partial charge >= 0.3 is 0 Å². The molecule has 5 nitrogen and oxygen atoms in total. The number of H-pyrrole nitrogens is 1. The number of fused-ring (bicyclic) bond motifs is 1. The summed E-state index contributed by atoms with van der Waals surface area (Å²) in [5.74, 6) is -0.638. The normalized spacial score (nSPS) is 15.7. The number of carbonyl (C=O) groups excluding carboxylic acids is 1. The van der Waals surface area contributed by atoms with Crippen LogP contribution in [0, 0.1) is 0 Å². The summed E-state index contributed by atoms with van der Waals surface area (Å²) in [5, 5.41) is 12.9. The molecule has 0 aliphatic heterocycles. The van der Waals surface area contributed by atoms with Crippen molar-refractivity contribution in [2.75, 3.05) is 0 Å². The van der Waals surface area contributed by atoms with Crippen molar-refractivity contribution in [1.29, 1.82) is 0 Å². The molecule has 19 heavy (non-hydrogen) atoms. The van der Waals surface area contributed by atoms with E-state index in [1.807, 2.05) is 13.8 Å². The molecule has 0 radical (unpaired) electrons. The second-order valence-corrected chi connectivity index (χ2v) is 5.12. The lowest BCUT2D eigenvalue weighted by Gasteiger charge is -2.19. The maximum Gasteiger partial charge on any atom is 0.264 e. The Balaban J connectivity index is 2.41. The Hall–Kier alpha value is -1.78.